The van der Waals surface area contributed by atoms with Crippen LogP contribution in [0.3, 0.4) is 0 Å². The number of aryl methyl sites for hydroxylation is 2. The number of pyridine rings is 1. The average Bonchev–Trinajstić information content (AvgIpc) is 2.69. The lowest BCUT2D eigenvalue weighted by molar-refractivity contribution is 0.368. The van der Waals surface area contributed by atoms with Gasteiger partial charge in [-0.05, 0) is 26.0 Å². The smallest absolute Gasteiger partial charge is 0.150 e. The Hall–Kier alpha value is -1.88. The average molecular weight is 233 g/mol. The second-order valence-electron chi connectivity index (χ2n) is 3.96. The van der Waals surface area contributed by atoms with Crippen LogP contribution >= 0.6 is 0 Å². The van der Waals surface area contributed by atoms with Gasteiger partial charge in [0.25, 0.3) is 0 Å². The molecule has 0 aliphatic carbocycles. The molecular weight excluding hydrogens is 218 g/mol. The molecule has 2 N–H and O–H groups in total. The normalized spacial score (nSPS) is 10.7. The topological polar surface area (TPSA) is 71.2 Å². The minimum atomic E-state index is 0.205. The molecule has 2 aromatic rings. The molecule has 0 saturated carbocycles. The molecule has 0 amide bonds. The Morgan fingerprint density at radius 2 is 2.06 bits per heavy atom. The number of aromatic hydroxyl groups is 1. The molecule has 0 aliphatic heterocycles. The summed E-state index contributed by atoms with van der Waals surface area (Å²) in [5.74, 6) is 0.978. The zero-order valence-electron chi connectivity index (χ0n) is 9.90. The van der Waals surface area contributed by atoms with E-state index in [2.05, 4.69) is 15.5 Å². The first-order valence-electron chi connectivity index (χ1n) is 5.43. The van der Waals surface area contributed by atoms with E-state index in [9.17, 15) is 5.11 Å². The molecule has 0 spiro atoms. The maximum absolute atomic E-state index is 9.60. The predicted octanol–water partition coefficient (Wildman–Crippen LogP) is 1.68. The Morgan fingerprint density at radius 3 is 2.76 bits per heavy atom. The first kappa shape index (κ1) is 11.6. The van der Waals surface area contributed by atoms with Gasteiger partial charge in [-0.2, -0.15) is 0 Å². The van der Waals surface area contributed by atoms with Crippen LogP contribution < -0.4 is 5.32 Å². The molecular formula is C12H15N3O2. The van der Waals surface area contributed by atoms with E-state index in [4.69, 9.17) is 4.52 Å². The quantitative estimate of drug-likeness (QED) is 0.840. The van der Waals surface area contributed by atoms with Gasteiger partial charge < -0.3 is 14.9 Å². The molecule has 0 fully saturated rings. The summed E-state index contributed by atoms with van der Waals surface area (Å²) in [5.41, 5.74) is 2.38. The Labute approximate surface area is 99.5 Å². The van der Waals surface area contributed by atoms with E-state index in [1.165, 1.54) is 0 Å². The van der Waals surface area contributed by atoms with Crippen LogP contribution in [0, 0.1) is 13.8 Å². The van der Waals surface area contributed by atoms with Gasteiger partial charge in [0.05, 0.1) is 17.9 Å². The van der Waals surface area contributed by atoms with Gasteiger partial charge >= 0.3 is 0 Å². The van der Waals surface area contributed by atoms with Crippen LogP contribution in [0.15, 0.2) is 22.7 Å². The van der Waals surface area contributed by atoms with E-state index >= 15 is 0 Å². The summed E-state index contributed by atoms with van der Waals surface area (Å²) in [6.45, 7) is 4.83. The molecule has 0 radical (unpaired) electrons. The van der Waals surface area contributed by atoms with Crippen LogP contribution in [0.25, 0.3) is 0 Å². The fraction of sp³-hybridized carbons (Fsp3) is 0.333. The Kier molecular flexibility index (Phi) is 3.39. The molecule has 0 saturated heterocycles. The monoisotopic (exact) mass is 233 g/mol. The lowest BCUT2D eigenvalue weighted by Gasteiger charge is -2.05. The molecule has 0 bridgehead atoms. The molecule has 0 unspecified atom stereocenters. The highest BCUT2D eigenvalue weighted by Gasteiger charge is 2.04. The molecule has 2 rings (SSSR count). The molecule has 2 aromatic heterocycles. The number of aromatic nitrogens is 2. The Balaban J connectivity index is 1.91. The minimum absolute atomic E-state index is 0.205. The van der Waals surface area contributed by atoms with E-state index in [0.717, 1.165) is 17.1 Å². The van der Waals surface area contributed by atoms with Crippen molar-refractivity contribution in [1.29, 1.82) is 0 Å². The standard InChI is InChI=1S/C12H15N3O2/c1-8-3-4-12(16)11(14-8)7-13-6-10-5-9(2)15-17-10/h3-5,13,16H,6-7H2,1-2H3. The fourth-order valence-electron chi connectivity index (χ4n) is 1.54. The number of rotatable bonds is 4. The zero-order chi connectivity index (χ0) is 12.3. The van der Waals surface area contributed by atoms with Gasteiger partial charge in [-0.25, -0.2) is 0 Å². The number of nitrogens with one attached hydrogen (secondary N) is 1. The van der Waals surface area contributed by atoms with Gasteiger partial charge in [0, 0.05) is 18.3 Å². The van der Waals surface area contributed by atoms with Crippen molar-refractivity contribution in [2.24, 2.45) is 0 Å². The first-order chi connectivity index (χ1) is 8.15. The number of hydrogen-bond acceptors (Lipinski definition) is 5. The molecule has 0 aromatic carbocycles. The lowest BCUT2D eigenvalue weighted by Crippen LogP contribution is -2.13. The minimum Gasteiger partial charge on any atom is -0.506 e. The second-order valence-corrected chi connectivity index (χ2v) is 3.96. The summed E-state index contributed by atoms with van der Waals surface area (Å²) in [4.78, 5) is 4.25. The van der Waals surface area contributed by atoms with Gasteiger partial charge in [0.15, 0.2) is 5.76 Å². The van der Waals surface area contributed by atoms with Crippen LogP contribution in [0.5, 0.6) is 5.75 Å². The van der Waals surface area contributed by atoms with E-state index in [1.807, 2.05) is 19.9 Å². The van der Waals surface area contributed by atoms with Gasteiger partial charge in [-0.1, -0.05) is 5.16 Å². The van der Waals surface area contributed by atoms with E-state index in [0.29, 0.717) is 18.8 Å². The van der Waals surface area contributed by atoms with Gasteiger partial charge in [-0.15, -0.1) is 0 Å². The van der Waals surface area contributed by atoms with Crippen LogP contribution in [0.2, 0.25) is 0 Å². The fourth-order valence-corrected chi connectivity index (χ4v) is 1.54. The summed E-state index contributed by atoms with van der Waals surface area (Å²) in [5, 5.41) is 16.5. The molecule has 5 nitrogen and oxygen atoms in total. The van der Waals surface area contributed by atoms with Crippen molar-refractivity contribution in [2.45, 2.75) is 26.9 Å². The van der Waals surface area contributed by atoms with E-state index in [-0.39, 0.29) is 5.75 Å². The predicted molar refractivity (Wildman–Crippen MR) is 62.4 cm³/mol. The molecule has 17 heavy (non-hydrogen) atoms. The maximum atomic E-state index is 9.60. The van der Waals surface area contributed by atoms with Gasteiger partial charge in [0.2, 0.25) is 0 Å². The summed E-state index contributed by atoms with van der Waals surface area (Å²) >= 11 is 0. The summed E-state index contributed by atoms with van der Waals surface area (Å²) < 4.78 is 5.06. The first-order valence-corrected chi connectivity index (χ1v) is 5.43. The summed E-state index contributed by atoms with van der Waals surface area (Å²) in [6, 6.07) is 5.30. The maximum Gasteiger partial charge on any atom is 0.150 e. The zero-order valence-corrected chi connectivity index (χ0v) is 9.90. The van der Waals surface area contributed by atoms with Crippen LogP contribution in [0.1, 0.15) is 22.8 Å². The van der Waals surface area contributed by atoms with Crippen molar-refractivity contribution in [3.8, 4) is 5.75 Å². The highest BCUT2D eigenvalue weighted by molar-refractivity contribution is 5.27. The van der Waals surface area contributed by atoms with Crippen molar-refractivity contribution in [3.63, 3.8) is 0 Å². The molecule has 5 heteroatoms. The SMILES string of the molecule is Cc1cc(CNCc2nc(C)ccc2O)on1. The van der Waals surface area contributed by atoms with Crippen molar-refractivity contribution in [2.75, 3.05) is 0 Å². The lowest BCUT2D eigenvalue weighted by atomic mass is 10.3. The summed E-state index contributed by atoms with van der Waals surface area (Å²) in [7, 11) is 0. The molecule has 0 atom stereocenters. The van der Waals surface area contributed by atoms with Crippen LogP contribution in [-0.2, 0) is 13.1 Å². The van der Waals surface area contributed by atoms with Crippen molar-refractivity contribution >= 4 is 0 Å². The van der Waals surface area contributed by atoms with Crippen LogP contribution in [-0.4, -0.2) is 15.2 Å². The van der Waals surface area contributed by atoms with Gasteiger partial charge in [-0.3, -0.25) is 4.98 Å². The molecule has 0 aliphatic rings. The number of hydrogen-bond donors (Lipinski definition) is 2. The van der Waals surface area contributed by atoms with E-state index < -0.39 is 0 Å². The highest BCUT2D eigenvalue weighted by atomic mass is 16.5. The van der Waals surface area contributed by atoms with Crippen molar-refractivity contribution in [1.82, 2.24) is 15.5 Å². The largest absolute Gasteiger partial charge is 0.506 e. The molecule has 90 valence electrons. The van der Waals surface area contributed by atoms with E-state index in [1.54, 1.807) is 12.1 Å². The summed E-state index contributed by atoms with van der Waals surface area (Å²) in [6.07, 6.45) is 0. The third-order valence-corrected chi connectivity index (χ3v) is 2.36. The van der Waals surface area contributed by atoms with Crippen LogP contribution in [0.4, 0.5) is 0 Å². The Morgan fingerprint density at radius 1 is 1.24 bits per heavy atom. The third kappa shape index (κ3) is 3.04. The van der Waals surface area contributed by atoms with Crippen molar-refractivity contribution < 1.29 is 9.63 Å². The second kappa shape index (κ2) is 4.97. The number of nitrogens with zero attached hydrogens (tertiary/aromatic N) is 2. The Bertz CT molecular complexity index is 508. The third-order valence-electron chi connectivity index (χ3n) is 2.36. The van der Waals surface area contributed by atoms with Gasteiger partial charge in [0.1, 0.15) is 5.75 Å². The van der Waals surface area contributed by atoms with Crippen molar-refractivity contribution in [3.05, 3.63) is 41.0 Å². The highest BCUT2D eigenvalue weighted by Crippen LogP contribution is 2.14. The molecule has 2 heterocycles.